The van der Waals surface area contributed by atoms with Crippen molar-refractivity contribution in [2.24, 2.45) is 5.10 Å². The number of hydrazone groups is 1. The van der Waals surface area contributed by atoms with E-state index < -0.39 is 12.5 Å². The molecule has 0 atom stereocenters. The second kappa shape index (κ2) is 9.03. The van der Waals surface area contributed by atoms with Gasteiger partial charge in [-0.05, 0) is 24.3 Å². The van der Waals surface area contributed by atoms with Crippen molar-refractivity contribution in [3.8, 4) is 17.1 Å². The van der Waals surface area contributed by atoms with E-state index in [-0.39, 0.29) is 21.8 Å². The maximum Gasteiger partial charge on any atom is 0.277 e. The molecular formula is C21H13Cl2N3O5. The van der Waals surface area contributed by atoms with Crippen LogP contribution in [0.4, 0.5) is 0 Å². The van der Waals surface area contributed by atoms with E-state index >= 15 is 0 Å². The third-order valence-electron chi connectivity index (χ3n) is 4.16. The normalized spacial score (nSPS) is 11.2. The summed E-state index contributed by atoms with van der Waals surface area (Å²) in [5.74, 6) is 0.00828. The Balaban J connectivity index is 1.44. The Morgan fingerprint density at radius 1 is 1.23 bits per heavy atom. The van der Waals surface area contributed by atoms with Gasteiger partial charge in [-0.15, -0.1) is 0 Å². The predicted molar refractivity (Wildman–Crippen MR) is 116 cm³/mol. The topological polar surface area (TPSA) is 107 Å². The molecular weight excluding hydrogens is 445 g/mol. The van der Waals surface area contributed by atoms with Gasteiger partial charge in [0, 0.05) is 11.1 Å². The number of nitrogens with one attached hydrogen (secondary N) is 1. The maximum atomic E-state index is 12.4. The fourth-order valence-electron chi connectivity index (χ4n) is 2.77. The van der Waals surface area contributed by atoms with Gasteiger partial charge in [0.25, 0.3) is 5.91 Å². The number of carbonyl (C=O) groups is 1. The van der Waals surface area contributed by atoms with Crippen LogP contribution in [0.25, 0.3) is 22.3 Å². The molecule has 1 N–H and O–H groups in total. The van der Waals surface area contributed by atoms with E-state index in [1.54, 1.807) is 36.4 Å². The van der Waals surface area contributed by atoms with E-state index in [1.165, 1.54) is 24.7 Å². The second-order valence-corrected chi connectivity index (χ2v) is 7.08. The Kier molecular flexibility index (Phi) is 6.01. The minimum Gasteiger partial charge on any atom is -0.481 e. The Morgan fingerprint density at radius 3 is 2.87 bits per heavy atom. The summed E-state index contributed by atoms with van der Waals surface area (Å²) in [4.78, 5) is 24.5. The average Bonchev–Trinajstić information content (AvgIpc) is 3.29. The van der Waals surface area contributed by atoms with Crippen LogP contribution in [0.2, 0.25) is 10.0 Å². The van der Waals surface area contributed by atoms with Gasteiger partial charge in [-0.2, -0.15) is 5.10 Å². The molecule has 0 saturated heterocycles. The number of fused-ring (bicyclic) bond motifs is 1. The number of benzene rings is 2. The third-order valence-corrected chi connectivity index (χ3v) is 4.66. The molecule has 156 valence electrons. The van der Waals surface area contributed by atoms with Crippen molar-refractivity contribution in [3.63, 3.8) is 0 Å². The lowest BCUT2D eigenvalue weighted by atomic mass is 10.1. The van der Waals surface area contributed by atoms with Gasteiger partial charge < -0.3 is 13.7 Å². The lowest BCUT2D eigenvalue weighted by Gasteiger charge is -2.11. The summed E-state index contributed by atoms with van der Waals surface area (Å²) in [5.41, 5.74) is 3.11. The number of halogens is 2. The van der Waals surface area contributed by atoms with Crippen LogP contribution in [0.3, 0.4) is 0 Å². The zero-order chi connectivity index (χ0) is 21.8. The van der Waals surface area contributed by atoms with E-state index in [4.69, 9.17) is 36.9 Å². The van der Waals surface area contributed by atoms with E-state index in [2.05, 4.69) is 15.7 Å². The van der Waals surface area contributed by atoms with Gasteiger partial charge in [0.05, 0.1) is 33.9 Å². The van der Waals surface area contributed by atoms with Crippen LogP contribution in [0, 0.1) is 0 Å². The fourth-order valence-corrected chi connectivity index (χ4v) is 3.32. The minimum atomic E-state index is -0.573. The van der Waals surface area contributed by atoms with Crippen molar-refractivity contribution in [2.45, 2.75) is 0 Å². The number of carbonyl (C=O) groups excluding carboxylic acids is 1. The van der Waals surface area contributed by atoms with Crippen LogP contribution in [-0.4, -0.2) is 23.9 Å². The average molecular weight is 458 g/mol. The van der Waals surface area contributed by atoms with Crippen LogP contribution in [-0.2, 0) is 4.79 Å². The van der Waals surface area contributed by atoms with Crippen molar-refractivity contribution in [1.82, 2.24) is 10.6 Å². The molecule has 2 aromatic carbocycles. The van der Waals surface area contributed by atoms with Gasteiger partial charge >= 0.3 is 0 Å². The van der Waals surface area contributed by atoms with Crippen molar-refractivity contribution in [2.75, 3.05) is 6.61 Å². The lowest BCUT2D eigenvalue weighted by molar-refractivity contribution is -0.123. The van der Waals surface area contributed by atoms with E-state index in [0.717, 1.165) is 0 Å². The van der Waals surface area contributed by atoms with E-state index in [0.29, 0.717) is 27.3 Å². The number of hydrogen-bond acceptors (Lipinski definition) is 7. The van der Waals surface area contributed by atoms with Crippen molar-refractivity contribution >= 4 is 46.3 Å². The SMILES string of the molecule is O=C(COc1c(Cl)cc(Cl)cc1-c1ccno1)N/N=C/c1coc2ccccc2c1=O. The quantitative estimate of drug-likeness (QED) is 0.341. The third kappa shape index (κ3) is 4.60. The number of ether oxygens (including phenoxy) is 1. The molecule has 2 heterocycles. The predicted octanol–water partition coefficient (Wildman–Crippen LogP) is 4.28. The van der Waals surface area contributed by atoms with Gasteiger partial charge in [-0.3, -0.25) is 9.59 Å². The van der Waals surface area contributed by atoms with Crippen molar-refractivity contribution < 1.29 is 18.5 Å². The van der Waals surface area contributed by atoms with Crippen LogP contribution in [0.15, 0.2) is 73.8 Å². The highest BCUT2D eigenvalue weighted by molar-refractivity contribution is 6.36. The molecule has 0 aliphatic rings. The number of para-hydroxylation sites is 1. The molecule has 0 spiro atoms. The highest BCUT2D eigenvalue weighted by Crippen LogP contribution is 2.38. The molecule has 4 aromatic rings. The fraction of sp³-hybridized carbons (Fsp3) is 0.0476. The second-order valence-electron chi connectivity index (χ2n) is 6.24. The molecule has 4 rings (SSSR count). The summed E-state index contributed by atoms with van der Waals surface area (Å²) in [7, 11) is 0. The largest absolute Gasteiger partial charge is 0.481 e. The lowest BCUT2D eigenvalue weighted by Crippen LogP contribution is -2.25. The first kappa shape index (κ1) is 20.6. The Hall–Kier alpha value is -3.62. The number of hydrogen-bond donors (Lipinski definition) is 1. The summed E-state index contributed by atoms with van der Waals surface area (Å²) in [6.07, 6.45) is 3.93. The molecule has 1 amide bonds. The van der Waals surface area contributed by atoms with Gasteiger partial charge in [0.1, 0.15) is 17.6 Å². The maximum absolute atomic E-state index is 12.4. The zero-order valence-corrected chi connectivity index (χ0v) is 17.2. The molecule has 0 aliphatic heterocycles. The summed E-state index contributed by atoms with van der Waals surface area (Å²) in [5, 5.41) is 8.41. The Labute approximate surface area is 185 Å². The molecule has 0 bridgehead atoms. The monoisotopic (exact) mass is 457 g/mol. The Bertz CT molecular complexity index is 1330. The van der Waals surface area contributed by atoms with Crippen molar-refractivity contribution in [3.05, 3.63) is 80.8 Å². The molecule has 8 nitrogen and oxygen atoms in total. The molecule has 2 aromatic heterocycles. The molecule has 0 fully saturated rings. The molecule has 0 aliphatic carbocycles. The van der Waals surface area contributed by atoms with Gasteiger partial charge in [0.15, 0.2) is 12.4 Å². The van der Waals surface area contributed by atoms with Crippen LogP contribution < -0.4 is 15.6 Å². The Morgan fingerprint density at radius 2 is 2.06 bits per heavy atom. The smallest absolute Gasteiger partial charge is 0.277 e. The van der Waals surface area contributed by atoms with Crippen molar-refractivity contribution in [1.29, 1.82) is 0 Å². The van der Waals surface area contributed by atoms with Crippen LogP contribution in [0.5, 0.6) is 5.75 Å². The molecule has 0 unspecified atom stereocenters. The standard InChI is InChI=1S/C21H13Cl2N3O5/c22-13-7-15(18-5-6-25-31-18)21(16(23)8-13)30-11-19(27)26-24-9-12-10-29-17-4-2-1-3-14(17)20(12)28/h1-10H,11H2,(H,26,27)/b24-9+. The number of rotatable bonds is 6. The van der Waals surface area contributed by atoms with Crippen LogP contribution in [0.1, 0.15) is 5.56 Å². The first-order chi connectivity index (χ1) is 15.0. The summed E-state index contributed by atoms with van der Waals surface area (Å²) < 4.78 is 16.1. The minimum absolute atomic E-state index is 0.188. The van der Waals surface area contributed by atoms with E-state index in [1.807, 2.05) is 0 Å². The summed E-state index contributed by atoms with van der Waals surface area (Å²) in [6.45, 7) is -0.397. The van der Waals surface area contributed by atoms with Crippen LogP contribution >= 0.6 is 23.2 Å². The first-order valence-corrected chi connectivity index (χ1v) is 9.64. The highest BCUT2D eigenvalue weighted by Gasteiger charge is 2.16. The zero-order valence-electron chi connectivity index (χ0n) is 15.7. The number of aromatic nitrogens is 1. The first-order valence-electron chi connectivity index (χ1n) is 8.88. The van der Waals surface area contributed by atoms with Gasteiger partial charge in [0.2, 0.25) is 5.43 Å². The molecule has 10 heteroatoms. The molecule has 0 radical (unpaired) electrons. The van der Waals surface area contributed by atoms with Gasteiger partial charge in [-0.25, -0.2) is 5.43 Å². The molecule has 31 heavy (non-hydrogen) atoms. The van der Waals surface area contributed by atoms with Gasteiger partial charge in [-0.1, -0.05) is 40.5 Å². The number of amides is 1. The molecule has 0 saturated carbocycles. The van der Waals surface area contributed by atoms with E-state index in [9.17, 15) is 9.59 Å². The summed E-state index contributed by atoms with van der Waals surface area (Å²) >= 11 is 12.3. The summed E-state index contributed by atoms with van der Waals surface area (Å²) in [6, 6.07) is 11.5. The number of nitrogens with zero attached hydrogens (tertiary/aromatic N) is 2. The highest BCUT2D eigenvalue weighted by atomic mass is 35.5.